The largest absolute Gasteiger partial charge is 0.379 e. The summed E-state index contributed by atoms with van der Waals surface area (Å²) < 4.78 is 7.91. The van der Waals surface area contributed by atoms with Crippen LogP contribution in [0.2, 0.25) is 0 Å². The molecule has 2 aliphatic rings. The molecule has 1 saturated heterocycles. The van der Waals surface area contributed by atoms with E-state index >= 15 is 0 Å². The molecule has 5 heteroatoms. The molecule has 0 spiro atoms. The second-order valence-electron chi connectivity index (χ2n) is 5.63. The Morgan fingerprint density at radius 2 is 2.37 bits per heavy atom. The van der Waals surface area contributed by atoms with Gasteiger partial charge in [-0.3, -0.25) is 4.90 Å². The topological polar surface area (TPSA) is 42.3 Å². The van der Waals surface area contributed by atoms with Gasteiger partial charge in [0.05, 0.1) is 19.8 Å². The highest BCUT2D eigenvalue weighted by atomic mass is 16.5. The van der Waals surface area contributed by atoms with E-state index in [1.165, 1.54) is 12.2 Å². The summed E-state index contributed by atoms with van der Waals surface area (Å²) in [5.41, 5.74) is 0. The van der Waals surface area contributed by atoms with E-state index in [0.717, 1.165) is 45.9 Å². The molecular weight excluding hydrogens is 240 g/mol. The van der Waals surface area contributed by atoms with Gasteiger partial charge in [-0.2, -0.15) is 0 Å². The predicted molar refractivity (Wildman–Crippen MR) is 73.9 cm³/mol. The Balaban J connectivity index is 1.54. The van der Waals surface area contributed by atoms with E-state index in [2.05, 4.69) is 32.9 Å². The summed E-state index contributed by atoms with van der Waals surface area (Å²) >= 11 is 0. The standard InChI is InChI=1S/C14H24N4O/c1-2-3-15-13-11-19-10-12(13)8-17-6-7-18-5-4-16-14(18)9-17/h4-5,12-13,15H,2-3,6-11H2,1H3. The lowest BCUT2D eigenvalue weighted by Crippen LogP contribution is -2.44. The Bertz CT molecular complexity index is 406. The van der Waals surface area contributed by atoms with Crippen LogP contribution >= 0.6 is 0 Å². The molecule has 1 aromatic heterocycles. The van der Waals surface area contributed by atoms with Crippen molar-refractivity contribution in [3.8, 4) is 0 Å². The second-order valence-corrected chi connectivity index (χ2v) is 5.63. The Hall–Kier alpha value is -0.910. The van der Waals surface area contributed by atoms with Crippen LogP contribution in [0.25, 0.3) is 0 Å². The Labute approximate surface area is 114 Å². The fourth-order valence-corrected chi connectivity index (χ4v) is 3.04. The molecule has 19 heavy (non-hydrogen) atoms. The number of rotatable bonds is 5. The summed E-state index contributed by atoms with van der Waals surface area (Å²) in [6.07, 6.45) is 5.17. The fraction of sp³-hybridized carbons (Fsp3) is 0.786. The number of imidazole rings is 1. The second kappa shape index (κ2) is 6.03. The zero-order chi connectivity index (χ0) is 13.1. The van der Waals surface area contributed by atoms with Gasteiger partial charge in [-0.15, -0.1) is 0 Å². The molecule has 2 aliphatic heterocycles. The SMILES string of the molecule is CCCNC1COCC1CN1CCn2ccnc2C1. The van der Waals surface area contributed by atoms with Crippen LogP contribution in [0.4, 0.5) is 0 Å². The quantitative estimate of drug-likeness (QED) is 0.851. The van der Waals surface area contributed by atoms with Gasteiger partial charge in [-0.25, -0.2) is 4.98 Å². The van der Waals surface area contributed by atoms with E-state index < -0.39 is 0 Å². The minimum absolute atomic E-state index is 0.529. The molecule has 2 unspecified atom stereocenters. The van der Waals surface area contributed by atoms with Gasteiger partial charge >= 0.3 is 0 Å². The lowest BCUT2D eigenvalue weighted by molar-refractivity contribution is 0.152. The molecule has 0 radical (unpaired) electrons. The van der Waals surface area contributed by atoms with Gasteiger partial charge < -0.3 is 14.6 Å². The smallest absolute Gasteiger partial charge is 0.122 e. The van der Waals surface area contributed by atoms with Crippen LogP contribution in [0.15, 0.2) is 12.4 Å². The van der Waals surface area contributed by atoms with E-state index in [4.69, 9.17) is 4.74 Å². The van der Waals surface area contributed by atoms with Crippen molar-refractivity contribution in [2.45, 2.75) is 32.5 Å². The van der Waals surface area contributed by atoms with Crippen molar-refractivity contribution in [2.24, 2.45) is 5.92 Å². The van der Waals surface area contributed by atoms with Crippen LogP contribution in [0.1, 0.15) is 19.2 Å². The monoisotopic (exact) mass is 264 g/mol. The Morgan fingerprint density at radius 1 is 1.42 bits per heavy atom. The normalized spacial score (nSPS) is 27.6. The lowest BCUT2D eigenvalue weighted by atomic mass is 10.0. The van der Waals surface area contributed by atoms with Crippen LogP contribution in [-0.2, 0) is 17.8 Å². The maximum absolute atomic E-state index is 5.65. The van der Waals surface area contributed by atoms with Gasteiger partial charge in [0.15, 0.2) is 0 Å². The highest BCUT2D eigenvalue weighted by molar-refractivity contribution is 4.96. The molecule has 0 amide bonds. The Kier molecular flexibility index (Phi) is 4.15. The first-order chi connectivity index (χ1) is 9.36. The molecule has 0 saturated carbocycles. The molecule has 3 rings (SSSR count). The van der Waals surface area contributed by atoms with Gasteiger partial charge in [-0.1, -0.05) is 6.92 Å². The highest BCUT2D eigenvalue weighted by Gasteiger charge is 2.30. The van der Waals surface area contributed by atoms with E-state index in [-0.39, 0.29) is 0 Å². The summed E-state index contributed by atoms with van der Waals surface area (Å²) in [6.45, 7) is 9.35. The van der Waals surface area contributed by atoms with Crippen LogP contribution in [-0.4, -0.2) is 53.3 Å². The van der Waals surface area contributed by atoms with Crippen molar-refractivity contribution >= 4 is 0 Å². The molecule has 2 atom stereocenters. The fourth-order valence-electron chi connectivity index (χ4n) is 3.04. The first kappa shape index (κ1) is 13.1. The molecule has 0 aliphatic carbocycles. The van der Waals surface area contributed by atoms with E-state index in [9.17, 15) is 0 Å². The molecule has 1 aromatic rings. The van der Waals surface area contributed by atoms with E-state index in [1.54, 1.807) is 0 Å². The van der Waals surface area contributed by atoms with E-state index in [1.807, 2.05) is 6.20 Å². The van der Waals surface area contributed by atoms with Crippen molar-refractivity contribution in [1.29, 1.82) is 0 Å². The number of aromatic nitrogens is 2. The van der Waals surface area contributed by atoms with Crippen LogP contribution < -0.4 is 5.32 Å². The molecule has 0 bridgehead atoms. The van der Waals surface area contributed by atoms with E-state index in [0.29, 0.717) is 12.0 Å². The maximum Gasteiger partial charge on any atom is 0.122 e. The minimum Gasteiger partial charge on any atom is -0.379 e. The molecule has 3 heterocycles. The summed E-state index contributed by atoms with van der Waals surface area (Å²) in [4.78, 5) is 6.94. The van der Waals surface area contributed by atoms with Crippen LogP contribution in [0.3, 0.4) is 0 Å². The van der Waals surface area contributed by atoms with Crippen molar-refractivity contribution in [3.05, 3.63) is 18.2 Å². The van der Waals surface area contributed by atoms with Crippen LogP contribution in [0, 0.1) is 5.92 Å². The lowest BCUT2D eigenvalue weighted by Gasteiger charge is -2.31. The first-order valence-electron chi connectivity index (χ1n) is 7.40. The molecular formula is C14H24N4O. The third-order valence-corrected chi connectivity index (χ3v) is 4.17. The summed E-state index contributed by atoms with van der Waals surface area (Å²) in [5, 5.41) is 3.61. The molecule has 5 nitrogen and oxygen atoms in total. The summed E-state index contributed by atoms with van der Waals surface area (Å²) in [6, 6.07) is 0.529. The van der Waals surface area contributed by atoms with Crippen molar-refractivity contribution in [3.63, 3.8) is 0 Å². The number of ether oxygens (including phenoxy) is 1. The third-order valence-electron chi connectivity index (χ3n) is 4.17. The van der Waals surface area contributed by atoms with Gasteiger partial charge in [0.1, 0.15) is 5.82 Å². The predicted octanol–water partition coefficient (Wildman–Crippen LogP) is 0.713. The number of nitrogens with one attached hydrogen (secondary N) is 1. The molecule has 1 fully saturated rings. The van der Waals surface area contributed by atoms with Crippen molar-refractivity contribution < 1.29 is 4.74 Å². The maximum atomic E-state index is 5.65. The highest BCUT2D eigenvalue weighted by Crippen LogP contribution is 2.18. The van der Waals surface area contributed by atoms with Gasteiger partial charge in [0.25, 0.3) is 0 Å². The van der Waals surface area contributed by atoms with Gasteiger partial charge in [0, 0.05) is 44.0 Å². The van der Waals surface area contributed by atoms with Crippen molar-refractivity contribution in [1.82, 2.24) is 19.8 Å². The average Bonchev–Trinajstić information content (AvgIpc) is 3.05. The van der Waals surface area contributed by atoms with Crippen molar-refractivity contribution in [2.75, 3.05) is 32.8 Å². The zero-order valence-electron chi connectivity index (χ0n) is 11.7. The minimum atomic E-state index is 0.529. The number of hydrogen-bond donors (Lipinski definition) is 1. The molecule has 0 aromatic carbocycles. The van der Waals surface area contributed by atoms with Crippen LogP contribution in [0.5, 0.6) is 0 Å². The Morgan fingerprint density at radius 3 is 3.26 bits per heavy atom. The number of nitrogens with zero attached hydrogens (tertiary/aromatic N) is 3. The van der Waals surface area contributed by atoms with Gasteiger partial charge in [-0.05, 0) is 13.0 Å². The average molecular weight is 264 g/mol. The third kappa shape index (κ3) is 2.99. The van der Waals surface area contributed by atoms with Gasteiger partial charge in [0.2, 0.25) is 0 Å². The summed E-state index contributed by atoms with van der Waals surface area (Å²) in [5.74, 6) is 1.82. The summed E-state index contributed by atoms with van der Waals surface area (Å²) in [7, 11) is 0. The molecule has 1 N–H and O–H groups in total. The number of hydrogen-bond acceptors (Lipinski definition) is 4. The first-order valence-corrected chi connectivity index (χ1v) is 7.40. The number of fused-ring (bicyclic) bond motifs is 1. The molecule has 106 valence electrons. The zero-order valence-corrected chi connectivity index (χ0v) is 11.7.